The smallest absolute Gasteiger partial charge is 0.129 e. The van der Waals surface area contributed by atoms with Gasteiger partial charge in [0.25, 0.3) is 0 Å². The summed E-state index contributed by atoms with van der Waals surface area (Å²) in [5.41, 5.74) is 1.71. The molecule has 0 bridgehead atoms. The highest BCUT2D eigenvalue weighted by molar-refractivity contribution is 6.30. The third kappa shape index (κ3) is 3.75. The summed E-state index contributed by atoms with van der Waals surface area (Å²) in [4.78, 5) is 4.09. The van der Waals surface area contributed by atoms with Crippen molar-refractivity contribution >= 4 is 11.6 Å². The molecular formula is C15H16ClFN2. The van der Waals surface area contributed by atoms with Gasteiger partial charge in [-0.1, -0.05) is 30.7 Å². The SMILES string of the molecule is CCNC(Cc1cccnc1)c1ccc(Cl)cc1F. The van der Waals surface area contributed by atoms with Crippen molar-refractivity contribution in [1.82, 2.24) is 10.3 Å². The normalized spacial score (nSPS) is 12.4. The molecule has 0 spiro atoms. The first-order valence-electron chi connectivity index (χ1n) is 6.28. The van der Waals surface area contributed by atoms with Crippen LogP contribution >= 0.6 is 11.6 Å². The van der Waals surface area contributed by atoms with Crippen molar-refractivity contribution in [1.29, 1.82) is 0 Å². The van der Waals surface area contributed by atoms with Crippen LogP contribution in [0.1, 0.15) is 24.1 Å². The first-order valence-corrected chi connectivity index (χ1v) is 6.65. The second kappa shape index (κ2) is 6.64. The lowest BCUT2D eigenvalue weighted by atomic mass is 9.99. The van der Waals surface area contributed by atoms with Crippen LogP contribution in [0.2, 0.25) is 5.02 Å². The second-order valence-electron chi connectivity index (χ2n) is 4.34. The molecule has 0 amide bonds. The van der Waals surface area contributed by atoms with Crippen molar-refractivity contribution in [2.24, 2.45) is 0 Å². The predicted octanol–water partition coefficient (Wildman–Crippen LogP) is 3.77. The Morgan fingerprint density at radius 1 is 1.37 bits per heavy atom. The van der Waals surface area contributed by atoms with E-state index >= 15 is 0 Å². The van der Waals surface area contributed by atoms with Crippen LogP contribution in [0.4, 0.5) is 4.39 Å². The number of nitrogens with zero attached hydrogens (tertiary/aromatic N) is 1. The number of likely N-dealkylation sites (N-methyl/N-ethyl adjacent to an activating group) is 1. The van der Waals surface area contributed by atoms with Gasteiger partial charge in [-0.15, -0.1) is 0 Å². The Bertz CT molecular complexity index is 531. The number of nitrogens with one attached hydrogen (secondary N) is 1. The summed E-state index contributed by atoms with van der Waals surface area (Å²) in [7, 11) is 0. The third-order valence-electron chi connectivity index (χ3n) is 2.95. The van der Waals surface area contributed by atoms with E-state index < -0.39 is 0 Å². The highest BCUT2D eigenvalue weighted by Gasteiger charge is 2.15. The predicted molar refractivity (Wildman–Crippen MR) is 75.8 cm³/mol. The number of halogens is 2. The molecule has 19 heavy (non-hydrogen) atoms. The molecule has 100 valence electrons. The van der Waals surface area contributed by atoms with E-state index in [1.807, 2.05) is 19.1 Å². The molecule has 1 atom stereocenters. The summed E-state index contributed by atoms with van der Waals surface area (Å²) in [5, 5.41) is 3.71. The maximum atomic E-state index is 14.0. The largest absolute Gasteiger partial charge is 0.310 e. The summed E-state index contributed by atoms with van der Waals surface area (Å²) in [5.74, 6) is -0.276. The molecular weight excluding hydrogens is 263 g/mol. The van der Waals surface area contributed by atoms with E-state index in [9.17, 15) is 4.39 Å². The number of rotatable bonds is 5. The van der Waals surface area contributed by atoms with Crippen LogP contribution < -0.4 is 5.32 Å². The molecule has 0 saturated carbocycles. The maximum Gasteiger partial charge on any atom is 0.129 e. The van der Waals surface area contributed by atoms with Crippen molar-refractivity contribution < 1.29 is 4.39 Å². The molecule has 0 saturated heterocycles. The zero-order valence-electron chi connectivity index (χ0n) is 10.7. The Balaban J connectivity index is 2.24. The van der Waals surface area contributed by atoms with Crippen LogP contribution in [0.3, 0.4) is 0 Å². The standard InChI is InChI=1S/C15H16ClFN2/c1-2-19-15(8-11-4-3-7-18-10-11)13-6-5-12(16)9-14(13)17/h3-7,9-10,15,19H,2,8H2,1H3. The third-order valence-corrected chi connectivity index (χ3v) is 3.19. The summed E-state index contributed by atoms with van der Waals surface area (Å²) in [6.07, 6.45) is 4.23. The minimum Gasteiger partial charge on any atom is -0.310 e. The molecule has 1 aromatic heterocycles. The molecule has 0 radical (unpaired) electrons. The average Bonchev–Trinajstić information content (AvgIpc) is 2.39. The Labute approximate surface area is 117 Å². The van der Waals surface area contributed by atoms with Crippen molar-refractivity contribution in [2.75, 3.05) is 6.54 Å². The molecule has 0 fully saturated rings. The van der Waals surface area contributed by atoms with Gasteiger partial charge in [0.2, 0.25) is 0 Å². The molecule has 2 rings (SSSR count). The zero-order valence-corrected chi connectivity index (χ0v) is 11.5. The van der Waals surface area contributed by atoms with Gasteiger partial charge >= 0.3 is 0 Å². The van der Waals surface area contributed by atoms with Gasteiger partial charge < -0.3 is 5.32 Å². The van der Waals surface area contributed by atoms with Gasteiger partial charge in [0, 0.05) is 29.0 Å². The van der Waals surface area contributed by atoms with Crippen molar-refractivity contribution in [3.05, 3.63) is 64.7 Å². The molecule has 0 aliphatic carbocycles. The number of hydrogen-bond acceptors (Lipinski definition) is 2. The fourth-order valence-corrected chi connectivity index (χ4v) is 2.24. The quantitative estimate of drug-likeness (QED) is 0.901. The average molecular weight is 279 g/mol. The van der Waals surface area contributed by atoms with E-state index in [1.54, 1.807) is 24.5 Å². The van der Waals surface area contributed by atoms with Gasteiger partial charge in [-0.25, -0.2) is 4.39 Å². The number of benzene rings is 1. The first kappa shape index (κ1) is 14.0. The van der Waals surface area contributed by atoms with Crippen LogP contribution in [0.25, 0.3) is 0 Å². The molecule has 1 unspecified atom stereocenters. The lowest BCUT2D eigenvalue weighted by Gasteiger charge is -2.19. The van der Waals surface area contributed by atoms with E-state index in [1.165, 1.54) is 6.07 Å². The summed E-state index contributed by atoms with van der Waals surface area (Å²) in [6.45, 7) is 2.77. The van der Waals surface area contributed by atoms with E-state index in [-0.39, 0.29) is 11.9 Å². The molecule has 2 aromatic rings. The van der Waals surface area contributed by atoms with Crippen LogP contribution in [-0.4, -0.2) is 11.5 Å². The molecule has 1 aromatic carbocycles. The maximum absolute atomic E-state index is 14.0. The second-order valence-corrected chi connectivity index (χ2v) is 4.78. The molecule has 4 heteroatoms. The van der Waals surface area contributed by atoms with Crippen molar-refractivity contribution in [3.8, 4) is 0 Å². The van der Waals surface area contributed by atoms with E-state index in [0.717, 1.165) is 12.1 Å². The van der Waals surface area contributed by atoms with Gasteiger partial charge in [0.1, 0.15) is 5.82 Å². The van der Waals surface area contributed by atoms with E-state index in [0.29, 0.717) is 17.0 Å². The lowest BCUT2D eigenvalue weighted by Crippen LogP contribution is -2.24. The fourth-order valence-electron chi connectivity index (χ4n) is 2.08. The Morgan fingerprint density at radius 2 is 2.21 bits per heavy atom. The van der Waals surface area contributed by atoms with Crippen LogP contribution in [0.5, 0.6) is 0 Å². The Morgan fingerprint density at radius 3 is 2.84 bits per heavy atom. The van der Waals surface area contributed by atoms with Crippen LogP contribution in [-0.2, 0) is 6.42 Å². The fraction of sp³-hybridized carbons (Fsp3) is 0.267. The van der Waals surface area contributed by atoms with E-state index in [2.05, 4.69) is 10.3 Å². The first-order chi connectivity index (χ1) is 9.20. The molecule has 1 N–H and O–H groups in total. The number of pyridine rings is 1. The zero-order chi connectivity index (χ0) is 13.7. The van der Waals surface area contributed by atoms with Crippen LogP contribution in [0.15, 0.2) is 42.7 Å². The molecule has 0 aliphatic rings. The van der Waals surface area contributed by atoms with Crippen molar-refractivity contribution in [2.45, 2.75) is 19.4 Å². The van der Waals surface area contributed by atoms with E-state index in [4.69, 9.17) is 11.6 Å². The Kier molecular flexibility index (Phi) is 4.88. The van der Waals surface area contributed by atoms with Gasteiger partial charge in [-0.05, 0) is 36.7 Å². The summed E-state index contributed by atoms with van der Waals surface area (Å²) >= 11 is 5.79. The summed E-state index contributed by atoms with van der Waals surface area (Å²) in [6, 6.07) is 8.60. The Hall–Kier alpha value is -1.45. The minimum absolute atomic E-state index is 0.0773. The summed E-state index contributed by atoms with van der Waals surface area (Å²) < 4.78 is 14.0. The number of hydrogen-bond donors (Lipinski definition) is 1. The highest BCUT2D eigenvalue weighted by atomic mass is 35.5. The monoisotopic (exact) mass is 278 g/mol. The van der Waals surface area contributed by atoms with Gasteiger partial charge in [-0.2, -0.15) is 0 Å². The molecule has 0 aliphatic heterocycles. The van der Waals surface area contributed by atoms with Gasteiger partial charge in [0.05, 0.1) is 0 Å². The lowest BCUT2D eigenvalue weighted by molar-refractivity contribution is 0.509. The van der Waals surface area contributed by atoms with Gasteiger partial charge in [0.15, 0.2) is 0 Å². The number of aromatic nitrogens is 1. The van der Waals surface area contributed by atoms with Gasteiger partial charge in [-0.3, -0.25) is 4.98 Å². The van der Waals surface area contributed by atoms with Crippen LogP contribution in [0, 0.1) is 5.82 Å². The highest BCUT2D eigenvalue weighted by Crippen LogP contribution is 2.23. The topological polar surface area (TPSA) is 24.9 Å². The molecule has 2 nitrogen and oxygen atoms in total. The van der Waals surface area contributed by atoms with Crippen molar-refractivity contribution in [3.63, 3.8) is 0 Å². The minimum atomic E-state index is -0.276. The molecule has 1 heterocycles.